The highest BCUT2D eigenvalue weighted by molar-refractivity contribution is 6.08. The maximum absolute atomic E-state index is 13.5. The molecule has 2 saturated heterocycles. The molecule has 2 aliphatic rings. The number of hydrogen-bond donors (Lipinski definition) is 1. The summed E-state index contributed by atoms with van der Waals surface area (Å²) in [5.74, 6) is 0.369. The lowest BCUT2D eigenvalue weighted by Gasteiger charge is -2.36. The molecule has 0 spiro atoms. The lowest BCUT2D eigenvalue weighted by Crippen LogP contribution is -2.47. The molecule has 3 aromatic rings. The van der Waals surface area contributed by atoms with Gasteiger partial charge in [0.2, 0.25) is 5.78 Å². The summed E-state index contributed by atoms with van der Waals surface area (Å²) in [5.41, 5.74) is 1.64. The van der Waals surface area contributed by atoms with Gasteiger partial charge in [0.1, 0.15) is 17.3 Å². The first-order valence-electron chi connectivity index (χ1n) is 12.6. The number of nitrogens with one attached hydrogen (secondary N) is 1. The van der Waals surface area contributed by atoms with Crippen LogP contribution >= 0.6 is 0 Å². The Bertz CT molecular complexity index is 1240. The molecule has 36 heavy (non-hydrogen) atoms. The molecule has 1 aromatic carbocycles. The summed E-state index contributed by atoms with van der Waals surface area (Å²) in [6, 6.07) is 12.9. The Morgan fingerprint density at radius 1 is 1.08 bits per heavy atom. The fourth-order valence-corrected chi connectivity index (χ4v) is 5.41. The Hall–Kier alpha value is -3.36. The smallest absolute Gasteiger partial charge is 0.290 e. The summed E-state index contributed by atoms with van der Waals surface area (Å²) < 4.78 is 19.3. The van der Waals surface area contributed by atoms with Gasteiger partial charge in [-0.3, -0.25) is 19.5 Å². The number of furan rings is 1. The number of carbonyl (C=O) groups excluding carboxylic acids is 2. The van der Waals surface area contributed by atoms with Crippen molar-refractivity contribution in [2.24, 2.45) is 0 Å². The summed E-state index contributed by atoms with van der Waals surface area (Å²) in [6.45, 7) is 3.48. The van der Waals surface area contributed by atoms with Crippen molar-refractivity contribution in [3.63, 3.8) is 0 Å². The first kappa shape index (κ1) is 24.3. The van der Waals surface area contributed by atoms with E-state index < -0.39 is 0 Å². The fourth-order valence-electron chi connectivity index (χ4n) is 5.41. The molecular weight excluding hydrogens is 459 g/mol. The van der Waals surface area contributed by atoms with Gasteiger partial charge in [-0.1, -0.05) is 6.07 Å². The van der Waals surface area contributed by atoms with Crippen molar-refractivity contribution in [1.29, 1.82) is 0 Å². The molecule has 8 heteroatoms. The number of likely N-dealkylation sites (tertiary alicyclic amines) is 2. The molecule has 2 aliphatic heterocycles. The van der Waals surface area contributed by atoms with E-state index in [0.29, 0.717) is 23.6 Å². The first-order valence-corrected chi connectivity index (χ1v) is 12.6. The Morgan fingerprint density at radius 2 is 1.86 bits per heavy atom. The summed E-state index contributed by atoms with van der Waals surface area (Å²) in [7, 11) is 1.85. The Morgan fingerprint density at radius 3 is 2.64 bits per heavy atom. The lowest BCUT2D eigenvalue weighted by atomic mass is 9.97. The summed E-state index contributed by atoms with van der Waals surface area (Å²) in [5, 5.41) is 3.13. The number of ketones is 1. The van der Waals surface area contributed by atoms with Crippen molar-refractivity contribution < 1.29 is 18.4 Å². The summed E-state index contributed by atoms with van der Waals surface area (Å²) in [4.78, 5) is 35.5. The molecule has 3 atom stereocenters. The van der Waals surface area contributed by atoms with E-state index >= 15 is 0 Å². The van der Waals surface area contributed by atoms with E-state index in [1.807, 2.05) is 37.1 Å². The van der Waals surface area contributed by atoms with Crippen LogP contribution in [0.25, 0.3) is 0 Å². The first-order chi connectivity index (χ1) is 17.5. The number of nitrogens with zero attached hydrogens (tertiary/aromatic N) is 3. The second-order valence-corrected chi connectivity index (χ2v) is 9.51. The van der Waals surface area contributed by atoms with Crippen molar-refractivity contribution in [3.05, 3.63) is 88.9 Å². The molecule has 1 N–H and O–H groups in total. The van der Waals surface area contributed by atoms with E-state index in [0.717, 1.165) is 43.6 Å². The molecule has 0 bridgehead atoms. The zero-order valence-corrected chi connectivity index (χ0v) is 20.6. The number of amides is 1. The zero-order valence-electron chi connectivity index (χ0n) is 20.6. The van der Waals surface area contributed by atoms with Crippen molar-refractivity contribution in [2.75, 3.05) is 20.1 Å². The average Bonchev–Trinajstić information content (AvgIpc) is 3.68. The van der Waals surface area contributed by atoms with Crippen LogP contribution in [0.5, 0.6) is 0 Å². The average molecular weight is 491 g/mol. The van der Waals surface area contributed by atoms with Crippen LogP contribution in [0.2, 0.25) is 0 Å². The third-order valence-corrected chi connectivity index (χ3v) is 7.38. The normalized spacial score (nSPS) is 21.1. The van der Waals surface area contributed by atoms with E-state index in [2.05, 4.69) is 15.2 Å². The molecule has 7 nitrogen and oxygen atoms in total. The van der Waals surface area contributed by atoms with Gasteiger partial charge in [0, 0.05) is 30.9 Å². The minimum Gasteiger partial charge on any atom is -0.454 e. The fraction of sp³-hybridized carbons (Fsp3) is 0.393. The third kappa shape index (κ3) is 4.58. The summed E-state index contributed by atoms with van der Waals surface area (Å²) in [6.07, 6.45) is 5.16. The van der Waals surface area contributed by atoms with Gasteiger partial charge in [0.15, 0.2) is 5.76 Å². The highest BCUT2D eigenvalue weighted by atomic mass is 19.1. The molecule has 0 radical (unpaired) electrons. The quantitative estimate of drug-likeness (QED) is 0.483. The van der Waals surface area contributed by atoms with Crippen LogP contribution in [-0.4, -0.2) is 52.8 Å². The van der Waals surface area contributed by atoms with E-state index in [1.54, 1.807) is 12.3 Å². The molecule has 5 rings (SSSR count). The number of aromatic nitrogens is 1. The van der Waals surface area contributed by atoms with E-state index in [4.69, 9.17) is 4.42 Å². The standard InChI is InChI=1S/C28H31FN4O3/c1-18(30-2)23-13-14-24(36-23)28(35)33-17-5-8-25(33)32-16-4-7-22(32)21-6-3-15-31-26(21)27(34)19-9-11-20(29)12-10-19/h3,6,9-15,18,22,25,30H,4-5,7-8,16-17H2,1-2H3. The maximum atomic E-state index is 13.5. The second kappa shape index (κ2) is 10.3. The third-order valence-electron chi connectivity index (χ3n) is 7.38. The number of carbonyl (C=O) groups is 2. The summed E-state index contributed by atoms with van der Waals surface area (Å²) >= 11 is 0. The molecule has 1 amide bonds. The number of benzene rings is 1. The topological polar surface area (TPSA) is 78.7 Å². The van der Waals surface area contributed by atoms with Crippen LogP contribution in [0.15, 0.2) is 59.1 Å². The van der Waals surface area contributed by atoms with E-state index in [-0.39, 0.29) is 35.8 Å². The van der Waals surface area contributed by atoms with Gasteiger partial charge in [0.25, 0.3) is 5.91 Å². The lowest BCUT2D eigenvalue weighted by molar-refractivity contribution is 0.0393. The Balaban J connectivity index is 1.40. The van der Waals surface area contributed by atoms with Gasteiger partial charge >= 0.3 is 0 Å². The zero-order chi connectivity index (χ0) is 25.2. The second-order valence-electron chi connectivity index (χ2n) is 9.51. The molecule has 0 saturated carbocycles. The van der Waals surface area contributed by atoms with Crippen molar-refractivity contribution in [1.82, 2.24) is 20.1 Å². The molecule has 0 aliphatic carbocycles. The number of pyridine rings is 1. The van der Waals surface area contributed by atoms with Crippen LogP contribution in [0.4, 0.5) is 4.39 Å². The van der Waals surface area contributed by atoms with Crippen LogP contribution in [-0.2, 0) is 0 Å². The monoisotopic (exact) mass is 490 g/mol. The van der Waals surface area contributed by atoms with Gasteiger partial charge in [-0.25, -0.2) is 4.39 Å². The predicted molar refractivity (Wildman–Crippen MR) is 133 cm³/mol. The minimum atomic E-state index is -0.384. The van der Waals surface area contributed by atoms with Gasteiger partial charge in [-0.05, 0) is 87.7 Å². The van der Waals surface area contributed by atoms with Crippen LogP contribution in [0.1, 0.15) is 82.6 Å². The maximum Gasteiger partial charge on any atom is 0.290 e. The SMILES string of the molecule is CNC(C)c1ccc(C(=O)N2CCCC2N2CCCC2c2cccnc2C(=O)c2ccc(F)cc2)o1. The molecule has 2 fully saturated rings. The molecular formula is C28H31FN4O3. The minimum absolute atomic E-state index is 0.0199. The largest absolute Gasteiger partial charge is 0.454 e. The van der Waals surface area contributed by atoms with Gasteiger partial charge in [0.05, 0.1) is 12.2 Å². The van der Waals surface area contributed by atoms with Crippen LogP contribution in [0, 0.1) is 5.82 Å². The number of rotatable bonds is 7. The van der Waals surface area contributed by atoms with Crippen molar-refractivity contribution in [3.8, 4) is 0 Å². The highest BCUT2D eigenvalue weighted by Gasteiger charge is 2.41. The van der Waals surface area contributed by atoms with Crippen LogP contribution < -0.4 is 5.32 Å². The van der Waals surface area contributed by atoms with Crippen molar-refractivity contribution >= 4 is 11.7 Å². The van der Waals surface area contributed by atoms with Gasteiger partial charge in [-0.15, -0.1) is 0 Å². The highest BCUT2D eigenvalue weighted by Crippen LogP contribution is 2.39. The van der Waals surface area contributed by atoms with Gasteiger partial charge < -0.3 is 14.6 Å². The molecule has 2 aromatic heterocycles. The van der Waals surface area contributed by atoms with E-state index in [9.17, 15) is 14.0 Å². The molecule has 4 heterocycles. The Labute approximate surface area is 210 Å². The Kier molecular flexibility index (Phi) is 6.98. The number of hydrogen-bond acceptors (Lipinski definition) is 6. The van der Waals surface area contributed by atoms with Gasteiger partial charge in [-0.2, -0.15) is 0 Å². The molecule has 3 unspecified atom stereocenters. The van der Waals surface area contributed by atoms with Crippen LogP contribution in [0.3, 0.4) is 0 Å². The van der Waals surface area contributed by atoms with Crippen molar-refractivity contribution in [2.45, 2.75) is 50.9 Å². The molecule has 188 valence electrons. The van der Waals surface area contributed by atoms with E-state index in [1.165, 1.54) is 24.3 Å². The number of halogens is 1. The predicted octanol–water partition coefficient (Wildman–Crippen LogP) is 4.72.